The molecule has 16 heavy (non-hydrogen) atoms. The van der Waals surface area contributed by atoms with Crippen LogP contribution in [0.25, 0.3) is 0 Å². The fourth-order valence-electron chi connectivity index (χ4n) is 2.29. The minimum Gasteiger partial charge on any atom is -0.387 e. The van der Waals surface area contributed by atoms with E-state index in [4.69, 9.17) is 11.6 Å². The van der Waals surface area contributed by atoms with E-state index in [-0.39, 0.29) is 11.6 Å². The van der Waals surface area contributed by atoms with Crippen molar-refractivity contribution in [1.29, 1.82) is 0 Å². The van der Waals surface area contributed by atoms with Crippen LogP contribution in [0.15, 0.2) is 24.3 Å². The minimum atomic E-state index is -0.445. The highest BCUT2D eigenvalue weighted by Crippen LogP contribution is 2.30. The van der Waals surface area contributed by atoms with E-state index < -0.39 is 6.10 Å². The summed E-state index contributed by atoms with van der Waals surface area (Å²) in [4.78, 5) is 0. The molecule has 88 valence electrons. The largest absolute Gasteiger partial charge is 0.387 e. The lowest BCUT2D eigenvalue weighted by Crippen LogP contribution is -2.40. The normalized spacial score (nSPS) is 25.6. The first kappa shape index (κ1) is 11.9. The number of halogens is 1. The minimum absolute atomic E-state index is 0.137. The monoisotopic (exact) mass is 239 g/mol. The molecule has 1 fully saturated rings. The van der Waals surface area contributed by atoms with Gasteiger partial charge in [-0.25, -0.2) is 0 Å². The van der Waals surface area contributed by atoms with E-state index >= 15 is 0 Å². The van der Waals surface area contributed by atoms with Gasteiger partial charge in [0.05, 0.1) is 6.10 Å². The Morgan fingerprint density at radius 1 is 1.38 bits per heavy atom. The molecule has 0 saturated carbocycles. The van der Waals surface area contributed by atoms with Gasteiger partial charge in [-0.3, -0.25) is 0 Å². The highest BCUT2D eigenvalue weighted by molar-refractivity contribution is 6.30. The summed E-state index contributed by atoms with van der Waals surface area (Å²) >= 11 is 5.82. The van der Waals surface area contributed by atoms with E-state index in [0.717, 1.165) is 18.4 Å². The summed E-state index contributed by atoms with van der Waals surface area (Å²) in [6.45, 7) is 4.34. The maximum Gasteiger partial charge on any atom is 0.0943 e. The van der Waals surface area contributed by atoms with E-state index in [9.17, 15) is 5.11 Å². The van der Waals surface area contributed by atoms with Crippen LogP contribution in [0.3, 0.4) is 0 Å². The Hall–Kier alpha value is -0.570. The molecule has 1 aliphatic heterocycles. The van der Waals surface area contributed by atoms with Crippen molar-refractivity contribution in [2.24, 2.45) is 0 Å². The molecular formula is C13H18ClNO. The van der Waals surface area contributed by atoms with Crippen LogP contribution in [0.2, 0.25) is 5.02 Å². The van der Waals surface area contributed by atoms with Gasteiger partial charge in [0, 0.05) is 16.6 Å². The van der Waals surface area contributed by atoms with Gasteiger partial charge in [-0.2, -0.15) is 0 Å². The number of hydrogen-bond donors (Lipinski definition) is 2. The Balaban J connectivity index is 2.08. The summed E-state index contributed by atoms with van der Waals surface area (Å²) in [6, 6.07) is 7.57. The SMILES string of the molecule is CC1(C)CCC(C(O)c2ccc(Cl)cc2)N1. The lowest BCUT2D eigenvalue weighted by molar-refractivity contribution is 0.131. The van der Waals surface area contributed by atoms with Crippen molar-refractivity contribution in [3.05, 3.63) is 34.9 Å². The molecule has 0 bridgehead atoms. The second-order valence-electron chi connectivity index (χ2n) is 5.17. The maximum atomic E-state index is 10.2. The van der Waals surface area contributed by atoms with Gasteiger partial charge >= 0.3 is 0 Å². The molecule has 0 spiro atoms. The van der Waals surface area contributed by atoms with Crippen LogP contribution in [0, 0.1) is 0 Å². The second kappa shape index (κ2) is 4.36. The van der Waals surface area contributed by atoms with E-state index in [0.29, 0.717) is 5.02 Å². The first-order valence-corrected chi connectivity index (χ1v) is 6.07. The zero-order valence-electron chi connectivity index (χ0n) is 9.70. The van der Waals surface area contributed by atoms with Crippen LogP contribution in [-0.2, 0) is 0 Å². The molecule has 0 aliphatic carbocycles. The molecule has 2 atom stereocenters. The smallest absolute Gasteiger partial charge is 0.0943 e. The number of aliphatic hydroxyl groups is 1. The molecule has 3 heteroatoms. The molecule has 1 saturated heterocycles. The molecule has 0 amide bonds. The van der Waals surface area contributed by atoms with Gasteiger partial charge in [-0.05, 0) is 44.4 Å². The molecule has 2 unspecified atom stereocenters. The summed E-state index contributed by atoms with van der Waals surface area (Å²) in [7, 11) is 0. The molecule has 2 N–H and O–H groups in total. The van der Waals surface area contributed by atoms with Crippen LogP contribution in [0.1, 0.15) is 38.4 Å². The van der Waals surface area contributed by atoms with Gasteiger partial charge < -0.3 is 10.4 Å². The lowest BCUT2D eigenvalue weighted by atomic mass is 10.0. The summed E-state index contributed by atoms with van der Waals surface area (Å²) < 4.78 is 0. The van der Waals surface area contributed by atoms with E-state index in [2.05, 4.69) is 19.2 Å². The van der Waals surface area contributed by atoms with Crippen molar-refractivity contribution >= 4 is 11.6 Å². The number of nitrogens with one attached hydrogen (secondary N) is 1. The standard InChI is InChI=1S/C13H18ClNO/c1-13(2)8-7-11(15-13)12(16)9-3-5-10(14)6-4-9/h3-6,11-12,15-16H,7-8H2,1-2H3. The van der Waals surface area contributed by atoms with Crippen molar-refractivity contribution in [2.45, 2.75) is 44.4 Å². The average molecular weight is 240 g/mol. The van der Waals surface area contributed by atoms with Crippen molar-refractivity contribution in [3.63, 3.8) is 0 Å². The molecule has 0 aromatic heterocycles. The molecule has 1 aromatic rings. The maximum absolute atomic E-state index is 10.2. The van der Waals surface area contributed by atoms with E-state index in [1.165, 1.54) is 0 Å². The Kier molecular flexibility index (Phi) is 3.24. The Labute approximate surface area is 102 Å². The average Bonchev–Trinajstić information content (AvgIpc) is 2.59. The van der Waals surface area contributed by atoms with Crippen molar-refractivity contribution in [1.82, 2.24) is 5.32 Å². The van der Waals surface area contributed by atoms with Gasteiger partial charge in [0.1, 0.15) is 0 Å². The van der Waals surface area contributed by atoms with Gasteiger partial charge in [0.25, 0.3) is 0 Å². The van der Waals surface area contributed by atoms with E-state index in [1.54, 1.807) is 0 Å². The van der Waals surface area contributed by atoms with Gasteiger partial charge in [-0.1, -0.05) is 23.7 Å². The molecule has 0 radical (unpaired) electrons. The number of rotatable bonds is 2. The summed E-state index contributed by atoms with van der Waals surface area (Å²) in [5, 5.41) is 14.4. The van der Waals surface area contributed by atoms with Crippen molar-refractivity contribution < 1.29 is 5.11 Å². The van der Waals surface area contributed by atoms with E-state index in [1.807, 2.05) is 24.3 Å². The molecular weight excluding hydrogens is 222 g/mol. The molecule has 2 nitrogen and oxygen atoms in total. The third-order valence-corrected chi connectivity index (χ3v) is 3.50. The first-order chi connectivity index (χ1) is 7.48. The summed E-state index contributed by atoms with van der Waals surface area (Å²) in [5.74, 6) is 0. The van der Waals surface area contributed by atoms with Crippen LogP contribution < -0.4 is 5.32 Å². The van der Waals surface area contributed by atoms with Gasteiger partial charge in [0.2, 0.25) is 0 Å². The molecule has 2 rings (SSSR count). The molecule has 1 aliphatic rings. The molecule has 1 heterocycles. The van der Waals surface area contributed by atoms with Crippen LogP contribution >= 0.6 is 11.6 Å². The third kappa shape index (κ3) is 2.57. The topological polar surface area (TPSA) is 32.3 Å². The van der Waals surface area contributed by atoms with Crippen molar-refractivity contribution in [2.75, 3.05) is 0 Å². The predicted molar refractivity (Wildman–Crippen MR) is 66.6 cm³/mol. The van der Waals surface area contributed by atoms with Gasteiger partial charge in [0.15, 0.2) is 0 Å². The van der Waals surface area contributed by atoms with Gasteiger partial charge in [-0.15, -0.1) is 0 Å². The second-order valence-corrected chi connectivity index (χ2v) is 5.61. The third-order valence-electron chi connectivity index (χ3n) is 3.25. The fraction of sp³-hybridized carbons (Fsp3) is 0.538. The van der Waals surface area contributed by atoms with Crippen LogP contribution in [0.5, 0.6) is 0 Å². The number of aliphatic hydroxyl groups excluding tert-OH is 1. The number of hydrogen-bond acceptors (Lipinski definition) is 2. The van der Waals surface area contributed by atoms with Crippen molar-refractivity contribution in [3.8, 4) is 0 Å². The fourth-order valence-corrected chi connectivity index (χ4v) is 2.42. The predicted octanol–water partition coefficient (Wildman–Crippen LogP) is 2.90. The highest BCUT2D eigenvalue weighted by atomic mass is 35.5. The quantitative estimate of drug-likeness (QED) is 0.832. The zero-order chi connectivity index (χ0) is 11.8. The highest BCUT2D eigenvalue weighted by Gasteiger charge is 2.34. The number of benzene rings is 1. The Morgan fingerprint density at radius 2 is 2.00 bits per heavy atom. The summed E-state index contributed by atoms with van der Waals surface area (Å²) in [6.07, 6.45) is 1.66. The zero-order valence-corrected chi connectivity index (χ0v) is 10.5. The Morgan fingerprint density at radius 3 is 2.50 bits per heavy atom. The van der Waals surface area contributed by atoms with Crippen LogP contribution in [0.4, 0.5) is 0 Å². The molecule has 1 aromatic carbocycles. The van der Waals surface area contributed by atoms with Crippen LogP contribution in [-0.4, -0.2) is 16.7 Å². The Bertz CT molecular complexity index is 361. The first-order valence-electron chi connectivity index (χ1n) is 5.69. The lowest BCUT2D eigenvalue weighted by Gasteiger charge is -2.23. The summed E-state index contributed by atoms with van der Waals surface area (Å²) in [5.41, 5.74) is 1.07.